The highest BCUT2D eigenvalue weighted by Gasteiger charge is 2.43. The van der Waals surface area contributed by atoms with E-state index in [0.29, 0.717) is 35.4 Å². The molecule has 0 saturated heterocycles. The van der Waals surface area contributed by atoms with Crippen molar-refractivity contribution in [3.63, 3.8) is 0 Å². The first-order valence-electron chi connectivity index (χ1n) is 8.85. The Balaban J connectivity index is 2.25. The number of allylic oxidation sites excluding steroid dienone is 3. The van der Waals surface area contributed by atoms with E-state index in [2.05, 4.69) is 5.32 Å². The number of Topliss-reactive ketones (excluding diaryl/α,β-unsaturated/α-hetero) is 1. The number of carbonyl (C=O) groups excluding carboxylic acids is 2. The molecule has 28 heavy (non-hydrogen) atoms. The Hall–Kier alpha value is -3.16. The Morgan fingerprint density at radius 2 is 2.04 bits per heavy atom. The van der Waals surface area contributed by atoms with Crippen LogP contribution in [0.25, 0.3) is 0 Å². The number of aromatic hydroxyl groups is 1. The predicted molar refractivity (Wildman–Crippen MR) is 100 cm³/mol. The molecular formula is C20H22N2O6. The fourth-order valence-corrected chi connectivity index (χ4v) is 4.02. The number of hydrogen-bond acceptors (Lipinski definition) is 7. The number of ether oxygens (including phenoxy) is 1. The third-order valence-electron chi connectivity index (χ3n) is 5.17. The minimum absolute atomic E-state index is 0.117. The van der Waals surface area contributed by atoms with Crippen LogP contribution in [0.2, 0.25) is 0 Å². The Kier molecular flexibility index (Phi) is 4.74. The molecule has 2 aliphatic rings. The van der Waals surface area contributed by atoms with Crippen molar-refractivity contribution in [2.45, 2.75) is 39.5 Å². The van der Waals surface area contributed by atoms with Crippen LogP contribution >= 0.6 is 0 Å². The van der Waals surface area contributed by atoms with E-state index < -0.39 is 28.2 Å². The molecule has 0 spiro atoms. The maximum absolute atomic E-state index is 13.0. The first-order chi connectivity index (χ1) is 13.1. The standard InChI is InChI=1S/C20H22N2O6/c1-10-16(19(25)28-4)17(11-5-6-14(23)13(7-11)22(26)27)18-12(21-10)8-20(2,3)9-15(18)24/h5-7,17,21,23H,8-9H2,1-4H3/t17-/m0/s1. The number of nitrogens with one attached hydrogen (secondary N) is 1. The number of phenolic OH excluding ortho intramolecular Hbond substituents is 1. The Morgan fingerprint density at radius 3 is 2.64 bits per heavy atom. The third kappa shape index (κ3) is 3.26. The van der Waals surface area contributed by atoms with Crippen molar-refractivity contribution in [1.82, 2.24) is 5.32 Å². The highest BCUT2D eigenvalue weighted by Crippen LogP contribution is 2.47. The van der Waals surface area contributed by atoms with Gasteiger partial charge in [0.25, 0.3) is 0 Å². The summed E-state index contributed by atoms with van der Waals surface area (Å²) in [7, 11) is 1.24. The summed E-state index contributed by atoms with van der Waals surface area (Å²) < 4.78 is 4.92. The van der Waals surface area contributed by atoms with E-state index in [9.17, 15) is 24.8 Å². The molecule has 3 rings (SSSR count). The van der Waals surface area contributed by atoms with Crippen LogP contribution < -0.4 is 5.32 Å². The molecule has 0 unspecified atom stereocenters. The summed E-state index contributed by atoms with van der Waals surface area (Å²) in [5.74, 6) is -2.01. The molecule has 1 aliphatic heterocycles. The van der Waals surface area contributed by atoms with Gasteiger partial charge in [-0.05, 0) is 30.4 Å². The van der Waals surface area contributed by atoms with Gasteiger partial charge in [-0.25, -0.2) is 4.79 Å². The first-order valence-corrected chi connectivity index (χ1v) is 8.85. The topological polar surface area (TPSA) is 119 Å². The van der Waals surface area contributed by atoms with Gasteiger partial charge in [-0.1, -0.05) is 19.9 Å². The fraction of sp³-hybridized carbons (Fsp3) is 0.400. The van der Waals surface area contributed by atoms with Gasteiger partial charge in [-0.2, -0.15) is 0 Å². The zero-order chi connectivity index (χ0) is 20.8. The van der Waals surface area contributed by atoms with E-state index in [1.54, 1.807) is 6.92 Å². The third-order valence-corrected chi connectivity index (χ3v) is 5.17. The fourth-order valence-electron chi connectivity index (χ4n) is 4.02. The van der Waals surface area contributed by atoms with E-state index in [-0.39, 0.29) is 16.8 Å². The number of ketones is 1. The summed E-state index contributed by atoms with van der Waals surface area (Å²) in [6.07, 6.45) is 0.911. The van der Waals surface area contributed by atoms with E-state index in [0.717, 1.165) is 0 Å². The predicted octanol–water partition coefficient (Wildman–Crippen LogP) is 3.08. The second-order valence-corrected chi connectivity index (χ2v) is 7.93. The van der Waals surface area contributed by atoms with Crippen molar-refractivity contribution in [2.24, 2.45) is 5.41 Å². The smallest absolute Gasteiger partial charge is 0.336 e. The zero-order valence-corrected chi connectivity index (χ0v) is 16.2. The first kappa shape index (κ1) is 19.6. The quantitative estimate of drug-likeness (QED) is 0.465. The van der Waals surface area contributed by atoms with Gasteiger partial charge in [0, 0.05) is 35.4 Å². The maximum atomic E-state index is 13.0. The lowest BCUT2D eigenvalue weighted by Crippen LogP contribution is -2.38. The highest BCUT2D eigenvalue weighted by atomic mass is 16.6. The number of dihydropyridines is 1. The van der Waals surface area contributed by atoms with Gasteiger partial charge in [-0.15, -0.1) is 0 Å². The average molecular weight is 386 g/mol. The SMILES string of the molecule is COC(=O)C1=C(C)NC2=C(C(=O)CC(C)(C)C2)[C@H]1c1ccc(O)c([N+](=O)[O-])c1. The molecule has 0 amide bonds. The monoisotopic (exact) mass is 386 g/mol. The highest BCUT2D eigenvalue weighted by molar-refractivity contribution is 6.04. The van der Waals surface area contributed by atoms with Gasteiger partial charge in [0.1, 0.15) is 0 Å². The van der Waals surface area contributed by atoms with Crippen LogP contribution in [-0.4, -0.2) is 28.9 Å². The molecule has 0 aromatic heterocycles. The van der Waals surface area contributed by atoms with Crippen molar-refractivity contribution >= 4 is 17.4 Å². The minimum Gasteiger partial charge on any atom is -0.502 e. The number of nitro benzene ring substituents is 1. The number of esters is 1. The Labute approximate surface area is 162 Å². The normalized spacial score (nSPS) is 21.1. The van der Waals surface area contributed by atoms with Gasteiger partial charge in [0.15, 0.2) is 11.5 Å². The molecule has 0 saturated carbocycles. The van der Waals surface area contributed by atoms with Gasteiger partial charge in [-0.3, -0.25) is 14.9 Å². The molecule has 8 heteroatoms. The zero-order valence-electron chi connectivity index (χ0n) is 16.2. The molecule has 0 bridgehead atoms. The van der Waals surface area contributed by atoms with Crippen LogP contribution in [0.15, 0.2) is 40.7 Å². The second kappa shape index (κ2) is 6.78. The summed E-state index contributed by atoms with van der Waals surface area (Å²) in [5.41, 5.74) is 1.57. The van der Waals surface area contributed by atoms with Gasteiger partial charge < -0.3 is 15.2 Å². The summed E-state index contributed by atoms with van der Waals surface area (Å²) in [4.78, 5) is 36.1. The number of benzene rings is 1. The van der Waals surface area contributed by atoms with Crippen molar-refractivity contribution in [1.29, 1.82) is 0 Å². The van der Waals surface area contributed by atoms with Gasteiger partial charge >= 0.3 is 11.7 Å². The number of methoxy groups -OCH3 is 1. The molecular weight excluding hydrogens is 364 g/mol. The number of carbonyl (C=O) groups is 2. The van der Waals surface area contributed by atoms with Crippen molar-refractivity contribution in [3.8, 4) is 5.75 Å². The molecule has 1 aromatic carbocycles. The summed E-state index contributed by atoms with van der Waals surface area (Å²) in [6.45, 7) is 5.70. The molecule has 1 aromatic rings. The number of hydrogen-bond donors (Lipinski definition) is 2. The lowest BCUT2D eigenvalue weighted by molar-refractivity contribution is -0.385. The van der Waals surface area contributed by atoms with E-state index in [1.807, 2.05) is 13.8 Å². The van der Waals surface area contributed by atoms with Crippen LogP contribution in [0, 0.1) is 15.5 Å². The Morgan fingerprint density at radius 1 is 1.36 bits per heavy atom. The number of phenols is 1. The molecule has 0 radical (unpaired) electrons. The minimum atomic E-state index is -0.799. The molecule has 1 aliphatic carbocycles. The van der Waals surface area contributed by atoms with Crippen LogP contribution in [-0.2, 0) is 14.3 Å². The lowest BCUT2D eigenvalue weighted by atomic mass is 9.68. The van der Waals surface area contributed by atoms with Crippen molar-refractivity contribution in [2.75, 3.05) is 7.11 Å². The van der Waals surface area contributed by atoms with Gasteiger partial charge in [0.05, 0.1) is 17.6 Å². The molecule has 148 valence electrons. The van der Waals surface area contributed by atoms with Crippen LogP contribution in [0.5, 0.6) is 5.75 Å². The van der Waals surface area contributed by atoms with E-state index in [4.69, 9.17) is 4.74 Å². The summed E-state index contributed by atoms with van der Waals surface area (Å²) in [5, 5.41) is 24.2. The molecule has 1 heterocycles. The molecule has 2 N–H and O–H groups in total. The maximum Gasteiger partial charge on any atom is 0.336 e. The number of rotatable bonds is 3. The summed E-state index contributed by atoms with van der Waals surface area (Å²) >= 11 is 0. The lowest BCUT2D eigenvalue weighted by Gasteiger charge is -2.39. The number of nitro groups is 1. The van der Waals surface area contributed by atoms with Crippen molar-refractivity contribution < 1.29 is 24.4 Å². The van der Waals surface area contributed by atoms with Crippen LogP contribution in [0.1, 0.15) is 45.1 Å². The van der Waals surface area contributed by atoms with Crippen LogP contribution in [0.3, 0.4) is 0 Å². The molecule has 0 fully saturated rings. The Bertz CT molecular complexity index is 957. The van der Waals surface area contributed by atoms with E-state index >= 15 is 0 Å². The number of nitrogens with zero attached hydrogens (tertiary/aromatic N) is 1. The van der Waals surface area contributed by atoms with Crippen LogP contribution in [0.4, 0.5) is 5.69 Å². The molecule has 1 atom stereocenters. The van der Waals surface area contributed by atoms with E-state index in [1.165, 1.54) is 25.3 Å². The van der Waals surface area contributed by atoms with Crippen molar-refractivity contribution in [3.05, 3.63) is 56.4 Å². The van der Waals surface area contributed by atoms with Gasteiger partial charge in [0.2, 0.25) is 0 Å². The average Bonchev–Trinajstić information content (AvgIpc) is 2.59. The second-order valence-electron chi connectivity index (χ2n) is 7.93. The largest absolute Gasteiger partial charge is 0.502 e. The molecule has 8 nitrogen and oxygen atoms in total. The summed E-state index contributed by atoms with van der Waals surface area (Å²) in [6, 6.07) is 3.91.